The van der Waals surface area contributed by atoms with Crippen LogP contribution in [-0.2, 0) is 14.6 Å². The number of tetrazole rings is 1. The Morgan fingerprint density at radius 2 is 2.06 bits per heavy atom. The largest absolute Gasteiger partial charge is 0.481 e. The molecule has 1 rings (SSSR count). The SMILES string of the molecule is CC(CC(=O)O)n1nnnc1C(C)S(C)(=O)=O. The lowest BCUT2D eigenvalue weighted by atomic mass is 10.2. The van der Waals surface area contributed by atoms with E-state index in [1.165, 1.54) is 11.6 Å². The van der Waals surface area contributed by atoms with Gasteiger partial charge in [0.1, 0.15) is 5.25 Å². The van der Waals surface area contributed by atoms with Crippen molar-refractivity contribution in [2.75, 3.05) is 6.26 Å². The summed E-state index contributed by atoms with van der Waals surface area (Å²) >= 11 is 0. The summed E-state index contributed by atoms with van der Waals surface area (Å²) in [6, 6.07) is -0.498. The highest BCUT2D eigenvalue weighted by atomic mass is 32.2. The number of nitrogens with zero attached hydrogens (tertiary/aromatic N) is 4. The third-order valence-corrected chi connectivity index (χ3v) is 3.91. The molecule has 8 nitrogen and oxygen atoms in total. The van der Waals surface area contributed by atoms with Crippen LogP contribution in [0.1, 0.15) is 37.4 Å². The van der Waals surface area contributed by atoms with Gasteiger partial charge in [0.2, 0.25) is 0 Å². The molecule has 96 valence electrons. The molecule has 1 aromatic heterocycles. The van der Waals surface area contributed by atoms with Gasteiger partial charge in [0, 0.05) is 6.26 Å². The second-order valence-corrected chi connectivity index (χ2v) is 6.27. The minimum atomic E-state index is -3.32. The Labute approximate surface area is 98.6 Å². The molecule has 1 aromatic rings. The first-order chi connectivity index (χ1) is 7.73. The Hall–Kier alpha value is -1.51. The lowest BCUT2D eigenvalue weighted by molar-refractivity contribution is -0.137. The van der Waals surface area contributed by atoms with E-state index in [1.807, 2.05) is 0 Å². The van der Waals surface area contributed by atoms with Crippen molar-refractivity contribution >= 4 is 15.8 Å². The Balaban J connectivity index is 3.05. The quantitative estimate of drug-likeness (QED) is 0.782. The maximum absolute atomic E-state index is 11.4. The Kier molecular flexibility index (Phi) is 3.81. The molecule has 0 saturated carbocycles. The van der Waals surface area contributed by atoms with Crippen molar-refractivity contribution < 1.29 is 18.3 Å². The number of carbonyl (C=O) groups is 1. The molecule has 0 aliphatic carbocycles. The molecule has 2 atom stereocenters. The fourth-order valence-electron chi connectivity index (χ4n) is 1.31. The summed E-state index contributed by atoms with van der Waals surface area (Å²) in [5.41, 5.74) is 0. The number of aromatic nitrogens is 4. The van der Waals surface area contributed by atoms with E-state index in [-0.39, 0.29) is 12.2 Å². The van der Waals surface area contributed by atoms with Crippen molar-refractivity contribution in [2.24, 2.45) is 0 Å². The normalized spacial score (nSPS) is 15.5. The van der Waals surface area contributed by atoms with E-state index < -0.39 is 27.1 Å². The smallest absolute Gasteiger partial charge is 0.305 e. The summed E-state index contributed by atoms with van der Waals surface area (Å²) in [4.78, 5) is 10.6. The molecule has 0 bridgehead atoms. The van der Waals surface area contributed by atoms with E-state index in [2.05, 4.69) is 15.5 Å². The zero-order valence-electron chi connectivity index (χ0n) is 9.73. The molecule has 0 spiro atoms. The van der Waals surface area contributed by atoms with E-state index in [0.717, 1.165) is 6.26 Å². The number of rotatable bonds is 5. The standard InChI is InChI=1S/C8H14N4O4S/c1-5(4-7(13)14)12-8(9-10-11-12)6(2)17(3,15)16/h5-6H,4H2,1-3H3,(H,13,14). The summed E-state index contributed by atoms with van der Waals surface area (Å²) in [6.07, 6.45) is 0.910. The highest BCUT2D eigenvalue weighted by Crippen LogP contribution is 2.21. The van der Waals surface area contributed by atoms with E-state index in [4.69, 9.17) is 5.11 Å². The number of hydrogen-bond acceptors (Lipinski definition) is 6. The summed E-state index contributed by atoms with van der Waals surface area (Å²) in [7, 11) is -3.32. The van der Waals surface area contributed by atoms with Crippen LogP contribution in [0, 0.1) is 0 Å². The van der Waals surface area contributed by atoms with Gasteiger partial charge in [0.25, 0.3) is 0 Å². The van der Waals surface area contributed by atoms with Gasteiger partial charge in [0.05, 0.1) is 12.5 Å². The lowest BCUT2D eigenvalue weighted by Crippen LogP contribution is -2.19. The van der Waals surface area contributed by atoms with Gasteiger partial charge in [-0.05, 0) is 24.3 Å². The predicted octanol–water partition coefficient (Wildman–Crippen LogP) is -0.186. The van der Waals surface area contributed by atoms with Crippen LogP contribution in [0.15, 0.2) is 0 Å². The molecule has 1 heterocycles. The van der Waals surface area contributed by atoms with Crippen LogP contribution in [0.3, 0.4) is 0 Å². The van der Waals surface area contributed by atoms with Crippen LogP contribution in [0.2, 0.25) is 0 Å². The maximum Gasteiger partial charge on any atom is 0.305 e. The molecule has 0 aliphatic rings. The van der Waals surface area contributed by atoms with Crippen molar-refractivity contribution in [3.63, 3.8) is 0 Å². The van der Waals surface area contributed by atoms with E-state index in [9.17, 15) is 13.2 Å². The highest BCUT2D eigenvalue weighted by Gasteiger charge is 2.26. The van der Waals surface area contributed by atoms with Gasteiger partial charge in [-0.15, -0.1) is 5.10 Å². The van der Waals surface area contributed by atoms with E-state index in [1.54, 1.807) is 6.92 Å². The second kappa shape index (κ2) is 4.78. The van der Waals surface area contributed by atoms with Crippen LogP contribution in [-0.4, -0.2) is 46.0 Å². The van der Waals surface area contributed by atoms with Crippen LogP contribution in [0.25, 0.3) is 0 Å². The topological polar surface area (TPSA) is 115 Å². The molecule has 1 N–H and O–H groups in total. The summed E-state index contributed by atoms with van der Waals surface area (Å²) in [5.74, 6) is -0.841. The number of hydrogen-bond donors (Lipinski definition) is 1. The first-order valence-electron chi connectivity index (χ1n) is 4.92. The third-order valence-electron chi connectivity index (χ3n) is 2.41. The number of sulfone groups is 1. The molecule has 0 fully saturated rings. The van der Waals surface area contributed by atoms with Crippen molar-refractivity contribution in [3.8, 4) is 0 Å². The molecule has 0 amide bonds. The molecular formula is C8H14N4O4S. The maximum atomic E-state index is 11.4. The van der Waals surface area contributed by atoms with Gasteiger partial charge in [-0.2, -0.15) is 0 Å². The summed E-state index contributed by atoms with van der Waals surface area (Å²) < 4.78 is 24.0. The molecule has 2 unspecified atom stereocenters. The zero-order chi connectivity index (χ0) is 13.2. The number of aliphatic carboxylic acids is 1. The van der Waals surface area contributed by atoms with Gasteiger partial charge < -0.3 is 5.11 Å². The highest BCUT2D eigenvalue weighted by molar-refractivity contribution is 7.90. The fraction of sp³-hybridized carbons (Fsp3) is 0.750. The Bertz CT molecular complexity index is 509. The van der Waals surface area contributed by atoms with Crippen LogP contribution in [0.5, 0.6) is 0 Å². The van der Waals surface area contributed by atoms with Crippen LogP contribution >= 0.6 is 0 Å². The molecule has 9 heteroatoms. The second-order valence-electron chi connectivity index (χ2n) is 3.90. The van der Waals surface area contributed by atoms with Gasteiger partial charge in [-0.3, -0.25) is 4.79 Å². The van der Waals surface area contributed by atoms with Gasteiger partial charge in [0.15, 0.2) is 15.7 Å². The zero-order valence-corrected chi connectivity index (χ0v) is 10.5. The van der Waals surface area contributed by atoms with Gasteiger partial charge in [-0.25, -0.2) is 13.1 Å². The van der Waals surface area contributed by atoms with Crippen molar-refractivity contribution in [2.45, 2.75) is 31.6 Å². The Morgan fingerprint density at radius 1 is 1.47 bits per heavy atom. The monoisotopic (exact) mass is 262 g/mol. The molecule has 0 radical (unpaired) electrons. The number of carboxylic acids is 1. The minimum absolute atomic E-state index is 0.154. The van der Waals surface area contributed by atoms with Crippen molar-refractivity contribution in [1.29, 1.82) is 0 Å². The van der Waals surface area contributed by atoms with Gasteiger partial charge >= 0.3 is 5.97 Å². The van der Waals surface area contributed by atoms with Crippen LogP contribution < -0.4 is 0 Å². The molecule has 0 saturated heterocycles. The van der Waals surface area contributed by atoms with E-state index >= 15 is 0 Å². The molecule has 0 aliphatic heterocycles. The van der Waals surface area contributed by atoms with Gasteiger partial charge in [-0.1, -0.05) is 0 Å². The third kappa shape index (κ3) is 3.22. The first-order valence-corrected chi connectivity index (χ1v) is 6.87. The van der Waals surface area contributed by atoms with Crippen molar-refractivity contribution in [3.05, 3.63) is 5.82 Å². The molecule has 17 heavy (non-hydrogen) atoms. The lowest BCUT2D eigenvalue weighted by Gasteiger charge is -2.14. The minimum Gasteiger partial charge on any atom is -0.481 e. The fourth-order valence-corrected chi connectivity index (χ4v) is 1.85. The predicted molar refractivity (Wildman–Crippen MR) is 58.0 cm³/mol. The number of carboxylic acid groups (broad SMARTS) is 1. The summed E-state index contributed by atoms with van der Waals surface area (Å²) in [5, 5.41) is 18.5. The average Bonchev–Trinajstić information content (AvgIpc) is 2.61. The molecule has 0 aromatic carbocycles. The van der Waals surface area contributed by atoms with Crippen molar-refractivity contribution in [1.82, 2.24) is 20.2 Å². The van der Waals surface area contributed by atoms with E-state index in [0.29, 0.717) is 0 Å². The van der Waals surface area contributed by atoms with Crippen LogP contribution in [0.4, 0.5) is 0 Å². The summed E-state index contributed by atoms with van der Waals surface area (Å²) in [6.45, 7) is 3.08. The molecular weight excluding hydrogens is 248 g/mol. The average molecular weight is 262 g/mol. The first kappa shape index (κ1) is 13.6. The Morgan fingerprint density at radius 3 is 2.53 bits per heavy atom.